The molecule has 0 aliphatic carbocycles. The molecular formula is C21H22N2O4S2. The summed E-state index contributed by atoms with van der Waals surface area (Å²) in [5.41, 5.74) is 2.26. The monoisotopic (exact) mass is 430 g/mol. The molecule has 29 heavy (non-hydrogen) atoms. The Morgan fingerprint density at radius 3 is 2.86 bits per heavy atom. The van der Waals surface area contributed by atoms with Gasteiger partial charge in [0.1, 0.15) is 17.2 Å². The van der Waals surface area contributed by atoms with Crippen LogP contribution in [0.3, 0.4) is 0 Å². The Balaban J connectivity index is 1.98. The molecule has 0 spiro atoms. The van der Waals surface area contributed by atoms with Crippen LogP contribution < -0.4 is 4.90 Å². The van der Waals surface area contributed by atoms with Crippen molar-refractivity contribution in [2.24, 2.45) is 0 Å². The summed E-state index contributed by atoms with van der Waals surface area (Å²) in [5.74, 6) is -0.437. The fourth-order valence-electron chi connectivity index (χ4n) is 3.18. The lowest BCUT2D eigenvalue weighted by Crippen LogP contribution is -2.21. The predicted octanol–water partition coefficient (Wildman–Crippen LogP) is 4.19. The van der Waals surface area contributed by atoms with E-state index in [1.54, 1.807) is 18.7 Å². The van der Waals surface area contributed by atoms with Crippen LogP contribution in [0.25, 0.3) is 0 Å². The minimum absolute atomic E-state index is 0.00225. The van der Waals surface area contributed by atoms with Gasteiger partial charge in [-0.2, -0.15) is 5.26 Å². The first-order valence-corrected chi connectivity index (χ1v) is 11.2. The molecule has 152 valence electrons. The highest BCUT2D eigenvalue weighted by molar-refractivity contribution is 8.03. The number of rotatable bonds is 4. The van der Waals surface area contributed by atoms with Crippen molar-refractivity contribution in [3.63, 3.8) is 0 Å². The van der Waals surface area contributed by atoms with Crippen LogP contribution in [0.2, 0.25) is 0 Å². The van der Waals surface area contributed by atoms with Crippen molar-refractivity contribution >= 4 is 41.1 Å². The lowest BCUT2D eigenvalue weighted by Gasteiger charge is -2.22. The summed E-state index contributed by atoms with van der Waals surface area (Å²) >= 11 is 2.99. The molecule has 2 unspecified atom stereocenters. The highest BCUT2D eigenvalue weighted by Crippen LogP contribution is 2.49. The molecule has 2 atom stereocenters. The fourth-order valence-corrected chi connectivity index (χ4v) is 5.40. The van der Waals surface area contributed by atoms with Gasteiger partial charge in [-0.1, -0.05) is 24.4 Å². The molecule has 0 amide bonds. The predicted molar refractivity (Wildman–Crippen MR) is 114 cm³/mol. The van der Waals surface area contributed by atoms with Gasteiger partial charge in [0.25, 0.3) is 0 Å². The molecule has 8 heteroatoms. The largest absolute Gasteiger partial charge is 0.462 e. The van der Waals surface area contributed by atoms with E-state index in [1.807, 2.05) is 43.0 Å². The summed E-state index contributed by atoms with van der Waals surface area (Å²) in [6.07, 6.45) is -0.388. The number of esters is 2. The maximum Gasteiger partial charge on any atom is 0.351 e. The molecule has 1 aromatic carbocycles. The molecule has 2 aliphatic rings. The van der Waals surface area contributed by atoms with Crippen molar-refractivity contribution in [3.8, 4) is 6.07 Å². The van der Waals surface area contributed by atoms with Gasteiger partial charge >= 0.3 is 11.9 Å². The Bertz CT molecular complexity index is 935. The quantitative estimate of drug-likeness (QED) is 0.400. The molecule has 1 aromatic rings. The number of fused-ring (bicyclic) bond motifs is 1. The third kappa shape index (κ3) is 4.16. The van der Waals surface area contributed by atoms with Crippen LogP contribution in [0, 0.1) is 11.3 Å². The number of thioether (sulfide) groups is 2. The van der Waals surface area contributed by atoms with Crippen LogP contribution in [0.5, 0.6) is 0 Å². The number of hydrogen-bond acceptors (Lipinski definition) is 8. The number of carbonyl (C=O) groups is 2. The van der Waals surface area contributed by atoms with E-state index in [2.05, 4.69) is 6.58 Å². The van der Waals surface area contributed by atoms with Gasteiger partial charge in [0.05, 0.1) is 12.3 Å². The Kier molecular flexibility index (Phi) is 6.60. The molecule has 6 nitrogen and oxygen atoms in total. The Hall–Kier alpha value is -2.37. The number of nitrogens with zero attached hydrogens (tertiary/aromatic N) is 2. The zero-order chi connectivity index (χ0) is 21.1. The number of anilines is 1. The lowest BCUT2D eigenvalue weighted by atomic mass is 10.1. The number of benzene rings is 1. The van der Waals surface area contributed by atoms with Crippen molar-refractivity contribution in [2.75, 3.05) is 23.8 Å². The van der Waals surface area contributed by atoms with Gasteiger partial charge in [0.15, 0.2) is 5.57 Å². The topological polar surface area (TPSA) is 79.6 Å². The summed E-state index contributed by atoms with van der Waals surface area (Å²) in [6.45, 7) is 10.3. The number of hydrogen-bond donors (Lipinski definition) is 0. The van der Waals surface area contributed by atoms with Gasteiger partial charge in [-0.25, -0.2) is 9.59 Å². The van der Waals surface area contributed by atoms with Gasteiger partial charge in [0.2, 0.25) is 0 Å². The smallest absolute Gasteiger partial charge is 0.351 e. The van der Waals surface area contributed by atoms with Gasteiger partial charge < -0.3 is 14.4 Å². The standard InChI is InChI=1S/C21H22N2O4S2/c1-5-23-16-8-7-14(18-13(4)28-11-12(3)20(24)27-18)9-17(16)29-19(23)15(10-22)21(25)26-6-2/h7-9,13,18H,3,5-6,11H2,1-2,4H3/b19-15-. The van der Waals surface area contributed by atoms with E-state index in [9.17, 15) is 14.9 Å². The van der Waals surface area contributed by atoms with E-state index in [1.165, 1.54) is 11.8 Å². The van der Waals surface area contributed by atoms with Crippen molar-refractivity contribution < 1.29 is 19.1 Å². The van der Waals surface area contributed by atoms with Crippen molar-refractivity contribution in [1.29, 1.82) is 5.26 Å². The molecule has 0 N–H and O–H groups in total. The van der Waals surface area contributed by atoms with E-state index < -0.39 is 5.97 Å². The Morgan fingerprint density at radius 1 is 1.45 bits per heavy atom. The van der Waals surface area contributed by atoms with Gasteiger partial charge in [-0.05, 0) is 38.5 Å². The number of cyclic esters (lactones) is 1. The molecule has 0 radical (unpaired) electrons. The molecular weight excluding hydrogens is 408 g/mol. The highest BCUT2D eigenvalue weighted by Gasteiger charge is 2.33. The molecule has 0 aromatic heterocycles. The van der Waals surface area contributed by atoms with E-state index in [0.717, 1.165) is 16.1 Å². The van der Waals surface area contributed by atoms with Crippen LogP contribution in [-0.4, -0.2) is 36.1 Å². The zero-order valence-electron chi connectivity index (χ0n) is 16.6. The highest BCUT2D eigenvalue weighted by atomic mass is 32.2. The molecule has 1 fully saturated rings. The summed E-state index contributed by atoms with van der Waals surface area (Å²) in [6, 6.07) is 7.84. The number of carbonyl (C=O) groups excluding carboxylic acids is 2. The summed E-state index contributed by atoms with van der Waals surface area (Å²) in [7, 11) is 0. The molecule has 0 saturated carbocycles. The van der Waals surface area contributed by atoms with Crippen LogP contribution in [-0.2, 0) is 19.1 Å². The normalized spacial score (nSPS) is 23.0. The summed E-state index contributed by atoms with van der Waals surface area (Å²) < 4.78 is 10.7. The van der Waals surface area contributed by atoms with E-state index in [-0.39, 0.29) is 29.5 Å². The van der Waals surface area contributed by atoms with Gasteiger partial charge in [-0.3, -0.25) is 0 Å². The Labute approximate surface area is 178 Å². The summed E-state index contributed by atoms with van der Waals surface area (Å²) in [5, 5.41) is 10.2. The minimum atomic E-state index is -0.620. The second kappa shape index (κ2) is 8.97. The minimum Gasteiger partial charge on any atom is -0.462 e. The molecule has 3 rings (SSSR count). The van der Waals surface area contributed by atoms with Crippen molar-refractivity contribution in [3.05, 3.63) is 46.5 Å². The molecule has 2 aliphatic heterocycles. The fraction of sp³-hybridized carbons (Fsp3) is 0.381. The summed E-state index contributed by atoms with van der Waals surface area (Å²) in [4.78, 5) is 27.2. The first kappa shape index (κ1) is 21.3. The van der Waals surface area contributed by atoms with E-state index in [0.29, 0.717) is 22.9 Å². The average molecular weight is 431 g/mol. The second-order valence-electron chi connectivity index (χ2n) is 6.53. The third-order valence-electron chi connectivity index (χ3n) is 4.65. The number of ether oxygens (including phenoxy) is 2. The molecule has 0 bridgehead atoms. The van der Waals surface area contributed by atoms with Crippen LogP contribution in [0.4, 0.5) is 5.69 Å². The molecule has 1 saturated heterocycles. The van der Waals surface area contributed by atoms with Gasteiger partial charge in [-0.15, -0.1) is 11.8 Å². The van der Waals surface area contributed by atoms with Crippen LogP contribution >= 0.6 is 23.5 Å². The maximum atomic E-state index is 12.2. The van der Waals surface area contributed by atoms with E-state index in [4.69, 9.17) is 9.47 Å². The average Bonchev–Trinajstić information content (AvgIpc) is 3.01. The number of nitriles is 1. The SMILES string of the molecule is C=C1CSC(C)C(c2ccc3c(c2)S/C(=C(/C#N)C(=O)OCC)N3CC)OC1=O. The third-order valence-corrected chi connectivity index (χ3v) is 7.10. The van der Waals surface area contributed by atoms with Gasteiger partial charge in [0, 0.05) is 28.0 Å². The maximum absolute atomic E-state index is 12.2. The zero-order valence-corrected chi connectivity index (χ0v) is 18.2. The van der Waals surface area contributed by atoms with Crippen molar-refractivity contribution in [2.45, 2.75) is 37.0 Å². The first-order chi connectivity index (χ1) is 13.9. The first-order valence-electron chi connectivity index (χ1n) is 9.32. The second-order valence-corrected chi connectivity index (χ2v) is 8.93. The van der Waals surface area contributed by atoms with E-state index >= 15 is 0 Å². The lowest BCUT2D eigenvalue weighted by molar-refractivity contribution is -0.144. The van der Waals surface area contributed by atoms with Crippen LogP contribution in [0.15, 0.2) is 45.8 Å². The van der Waals surface area contributed by atoms with Crippen LogP contribution in [0.1, 0.15) is 32.4 Å². The molecule has 2 heterocycles. The Morgan fingerprint density at radius 2 is 2.21 bits per heavy atom. The van der Waals surface area contributed by atoms with Crippen molar-refractivity contribution in [1.82, 2.24) is 0 Å².